The van der Waals surface area contributed by atoms with Gasteiger partial charge in [-0.05, 0) is 6.42 Å². The van der Waals surface area contributed by atoms with Gasteiger partial charge in [-0.1, -0.05) is 32.0 Å². The van der Waals surface area contributed by atoms with Crippen molar-refractivity contribution in [2.75, 3.05) is 0 Å². The minimum absolute atomic E-state index is 0.0454. The summed E-state index contributed by atoms with van der Waals surface area (Å²) in [4.78, 5) is 11.6. The Morgan fingerprint density at radius 1 is 1.53 bits per heavy atom. The van der Waals surface area contributed by atoms with Crippen LogP contribution in [0.25, 0.3) is 10.9 Å². The second kappa shape index (κ2) is 4.99. The van der Waals surface area contributed by atoms with E-state index in [9.17, 15) is 4.79 Å². The lowest BCUT2D eigenvalue weighted by Crippen LogP contribution is -2.13. The van der Waals surface area contributed by atoms with E-state index >= 15 is 0 Å². The number of benzene rings is 1. The molecule has 0 aliphatic carbocycles. The second-order valence-corrected chi connectivity index (χ2v) is 4.17. The lowest BCUT2D eigenvalue weighted by Gasteiger charge is -2.09. The minimum Gasteiger partial charge on any atom is -0.461 e. The molecule has 90 valence electrons. The molecule has 2 aromatic rings. The number of nitrogens with one attached hydrogen (secondary N) is 1. The molecule has 17 heavy (non-hydrogen) atoms. The molecule has 4 heteroatoms. The van der Waals surface area contributed by atoms with Gasteiger partial charge in [0.05, 0.1) is 17.6 Å². The smallest absolute Gasteiger partial charge is 0.308 e. The van der Waals surface area contributed by atoms with Crippen molar-refractivity contribution in [3.8, 4) is 0 Å². The molecule has 1 atom stereocenters. The zero-order valence-corrected chi connectivity index (χ0v) is 10.1. The van der Waals surface area contributed by atoms with Crippen molar-refractivity contribution in [3.05, 3.63) is 30.0 Å². The summed E-state index contributed by atoms with van der Waals surface area (Å²) < 4.78 is 5.27. The van der Waals surface area contributed by atoms with Crippen LogP contribution < -0.4 is 0 Å². The molecular weight excluding hydrogens is 216 g/mol. The zero-order valence-electron chi connectivity index (χ0n) is 10.1. The van der Waals surface area contributed by atoms with Gasteiger partial charge in [-0.25, -0.2) is 0 Å². The summed E-state index contributed by atoms with van der Waals surface area (Å²) in [5, 5.41) is 7.92. The standard InChI is InChI=1S/C13H16N2O2/c1-3-9(2)13(16)17-8-11-6-4-5-10-7-14-15-12(10)11/h4-7,9H,3,8H2,1-2H3,(H,14,15)/t9-/m1/s1. The SMILES string of the molecule is CC[C@@H](C)C(=O)OCc1cccc2cn[nH]c12. The molecule has 0 aliphatic heterocycles. The number of hydrogen-bond acceptors (Lipinski definition) is 3. The molecule has 2 rings (SSSR count). The Morgan fingerprint density at radius 2 is 2.35 bits per heavy atom. The van der Waals surface area contributed by atoms with Crippen LogP contribution in [0.4, 0.5) is 0 Å². The number of carbonyl (C=O) groups is 1. The average molecular weight is 232 g/mol. The van der Waals surface area contributed by atoms with E-state index < -0.39 is 0 Å². The van der Waals surface area contributed by atoms with Crippen molar-refractivity contribution < 1.29 is 9.53 Å². The van der Waals surface area contributed by atoms with E-state index in [0.717, 1.165) is 22.9 Å². The first-order valence-electron chi connectivity index (χ1n) is 5.80. The second-order valence-electron chi connectivity index (χ2n) is 4.17. The van der Waals surface area contributed by atoms with Gasteiger partial charge >= 0.3 is 5.97 Å². The Bertz CT molecular complexity index is 519. The molecule has 1 heterocycles. The Kier molecular flexibility index (Phi) is 3.42. The molecule has 0 radical (unpaired) electrons. The van der Waals surface area contributed by atoms with E-state index in [1.807, 2.05) is 32.0 Å². The maximum absolute atomic E-state index is 11.6. The van der Waals surface area contributed by atoms with Gasteiger partial charge in [0.1, 0.15) is 6.61 Å². The quantitative estimate of drug-likeness (QED) is 0.824. The van der Waals surface area contributed by atoms with Crippen molar-refractivity contribution in [3.63, 3.8) is 0 Å². The fourth-order valence-electron chi connectivity index (χ4n) is 1.61. The summed E-state index contributed by atoms with van der Waals surface area (Å²) in [6.07, 6.45) is 2.56. The molecule has 4 nitrogen and oxygen atoms in total. The Hall–Kier alpha value is -1.84. The third-order valence-corrected chi connectivity index (χ3v) is 2.95. The molecule has 0 bridgehead atoms. The van der Waals surface area contributed by atoms with Gasteiger partial charge in [0.2, 0.25) is 0 Å². The third-order valence-electron chi connectivity index (χ3n) is 2.95. The van der Waals surface area contributed by atoms with Crippen molar-refractivity contribution in [1.29, 1.82) is 0 Å². The monoisotopic (exact) mass is 232 g/mol. The van der Waals surface area contributed by atoms with Crippen LogP contribution >= 0.6 is 0 Å². The molecule has 0 fully saturated rings. The Balaban J connectivity index is 2.09. The van der Waals surface area contributed by atoms with Gasteiger partial charge in [0.15, 0.2) is 0 Å². The molecular formula is C13H16N2O2. The Morgan fingerprint density at radius 3 is 3.12 bits per heavy atom. The number of H-pyrrole nitrogens is 1. The number of aromatic amines is 1. The maximum Gasteiger partial charge on any atom is 0.308 e. The van der Waals surface area contributed by atoms with Crippen LogP contribution in [-0.4, -0.2) is 16.2 Å². The summed E-state index contributed by atoms with van der Waals surface area (Å²) in [5.41, 5.74) is 1.89. The fraction of sp³-hybridized carbons (Fsp3) is 0.385. The van der Waals surface area contributed by atoms with Gasteiger partial charge in [0, 0.05) is 10.9 Å². The molecule has 0 amide bonds. The molecule has 0 saturated heterocycles. The topological polar surface area (TPSA) is 55.0 Å². The average Bonchev–Trinajstić information content (AvgIpc) is 2.83. The predicted molar refractivity (Wildman–Crippen MR) is 65.3 cm³/mol. The van der Waals surface area contributed by atoms with E-state index in [1.165, 1.54) is 0 Å². The van der Waals surface area contributed by atoms with Crippen LogP contribution in [-0.2, 0) is 16.1 Å². The van der Waals surface area contributed by atoms with E-state index in [-0.39, 0.29) is 11.9 Å². The van der Waals surface area contributed by atoms with Crippen molar-refractivity contribution in [2.45, 2.75) is 26.9 Å². The van der Waals surface area contributed by atoms with Gasteiger partial charge in [-0.2, -0.15) is 5.10 Å². The maximum atomic E-state index is 11.6. The molecule has 1 aromatic carbocycles. The van der Waals surface area contributed by atoms with Gasteiger partial charge in [-0.3, -0.25) is 9.89 Å². The summed E-state index contributed by atoms with van der Waals surface area (Å²) in [7, 11) is 0. The van der Waals surface area contributed by atoms with E-state index in [1.54, 1.807) is 6.20 Å². The number of hydrogen-bond donors (Lipinski definition) is 1. The number of aromatic nitrogens is 2. The summed E-state index contributed by atoms with van der Waals surface area (Å²) in [5.74, 6) is -0.194. The molecule has 1 aromatic heterocycles. The number of carbonyl (C=O) groups excluding carboxylic acids is 1. The van der Waals surface area contributed by atoms with Crippen LogP contribution in [0.3, 0.4) is 0 Å². The first-order chi connectivity index (χ1) is 8.22. The minimum atomic E-state index is -0.149. The highest BCUT2D eigenvalue weighted by atomic mass is 16.5. The highest BCUT2D eigenvalue weighted by Crippen LogP contribution is 2.17. The van der Waals surface area contributed by atoms with Gasteiger partial charge < -0.3 is 4.74 Å². The summed E-state index contributed by atoms with van der Waals surface area (Å²) >= 11 is 0. The zero-order chi connectivity index (χ0) is 12.3. The summed E-state index contributed by atoms with van der Waals surface area (Å²) in [6, 6.07) is 5.84. The van der Waals surface area contributed by atoms with Crippen LogP contribution in [0.1, 0.15) is 25.8 Å². The number of nitrogens with zero attached hydrogens (tertiary/aromatic N) is 1. The number of ether oxygens (including phenoxy) is 1. The van der Waals surface area contributed by atoms with Crippen LogP contribution in [0, 0.1) is 5.92 Å². The lowest BCUT2D eigenvalue weighted by atomic mass is 10.1. The fourth-order valence-corrected chi connectivity index (χ4v) is 1.61. The van der Waals surface area contributed by atoms with Crippen LogP contribution in [0.15, 0.2) is 24.4 Å². The lowest BCUT2D eigenvalue weighted by molar-refractivity contribution is -0.149. The summed E-state index contributed by atoms with van der Waals surface area (Å²) in [6.45, 7) is 4.14. The number of para-hydroxylation sites is 1. The van der Waals surface area contributed by atoms with Crippen LogP contribution in [0.2, 0.25) is 0 Å². The highest BCUT2D eigenvalue weighted by molar-refractivity contribution is 5.81. The number of esters is 1. The first-order valence-corrected chi connectivity index (χ1v) is 5.80. The third kappa shape index (κ3) is 2.46. The molecule has 0 saturated carbocycles. The highest BCUT2D eigenvalue weighted by Gasteiger charge is 2.12. The normalized spacial score (nSPS) is 12.6. The predicted octanol–water partition coefficient (Wildman–Crippen LogP) is 2.65. The van der Waals surface area contributed by atoms with E-state index in [4.69, 9.17) is 4.74 Å². The largest absolute Gasteiger partial charge is 0.461 e. The number of rotatable bonds is 4. The number of fused-ring (bicyclic) bond motifs is 1. The first kappa shape index (κ1) is 11.6. The van der Waals surface area contributed by atoms with Crippen LogP contribution in [0.5, 0.6) is 0 Å². The molecule has 0 spiro atoms. The van der Waals surface area contributed by atoms with E-state index in [0.29, 0.717) is 6.61 Å². The molecule has 0 unspecified atom stereocenters. The molecule has 1 N–H and O–H groups in total. The van der Waals surface area contributed by atoms with Crippen molar-refractivity contribution in [1.82, 2.24) is 10.2 Å². The van der Waals surface area contributed by atoms with Crippen molar-refractivity contribution >= 4 is 16.9 Å². The Labute approximate surface area is 100.0 Å². The van der Waals surface area contributed by atoms with Crippen molar-refractivity contribution in [2.24, 2.45) is 5.92 Å². The molecule has 0 aliphatic rings. The van der Waals surface area contributed by atoms with Gasteiger partial charge in [-0.15, -0.1) is 0 Å². The van der Waals surface area contributed by atoms with Gasteiger partial charge in [0.25, 0.3) is 0 Å². The van der Waals surface area contributed by atoms with E-state index in [2.05, 4.69) is 10.2 Å².